The van der Waals surface area contributed by atoms with Crippen LogP contribution < -0.4 is 10.6 Å². The summed E-state index contributed by atoms with van der Waals surface area (Å²) < 4.78 is 0. The molecular formula is C21H27ClN2O2. The summed E-state index contributed by atoms with van der Waals surface area (Å²) in [6.45, 7) is 2.61. The number of rotatable bonds is 5. The minimum absolute atomic E-state index is 0.100. The van der Waals surface area contributed by atoms with Crippen molar-refractivity contribution in [3.8, 4) is 0 Å². The molecule has 2 amide bonds. The average Bonchev–Trinajstić information content (AvgIpc) is 2.60. The molecule has 26 heavy (non-hydrogen) atoms. The molecule has 0 aliphatic heterocycles. The molecule has 0 aromatic heterocycles. The van der Waals surface area contributed by atoms with E-state index in [9.17, 15) is 9.59 Å². The first-order valence-electron chi connectivity index (χ1n) is 9.88. The molecule has 2 N–H and O–H groups in total. The fourth-order valence-corrected chi connectivity index (χ4v) is 5.96. The third kappa shape index (κ3) is 3.24. The van der Waals surface area contributed by atoms with Gasteiger partial charge in [0.25, 0.3) is 5.91 Å². The van der Waals surface area contributed by atoms with Gasteiger partial charge in [-0.1, -0.05) is 18.5 Å². The van der Waals surface area contributed by atoms with Crippen LogP contribution in [0.4, 0.5) is 5.69 Å². The van der Waals surface area contributed by atoms with E-state index >= 15 is 0 Å². The zero-order valence-corrected chi connectivity index (χ0v) is 16.1. The van der Waals surface area contributed by atoms with Crippen molar-refractivity contribution in [2.24, 2.45) is 23.2 Å². The van der Waals surface area contributed by atoms with E-state index in [2.05, 4.69) is 10.6 Å². The van der Waals surface area contributed by atoms with Crippen molar-refractivity contribution in [1.29, 1.82) is 0 Å². The number of amides is 2. The van der Waals surface area contributed by atoms with Gasteiger partial charge in [0.1, 0.15) is 0 Å². The number of hydrogen-bond acceptors (Lipinski definition) is 2. The molecule has 0 radical (unpaired) electrons. The summed E-state index contributed by atoms with van der Waals surface area (Å²) in [7, 11) is 0. The number of nitrogens with one attached hydrogen (secondary N) is 2. The maximum Gasteiger partial charge on any atom is 0.253 e. The molecule has 0 saturated heterocycles. The minimum atomic E-state index is -0.231. The predicted octanol–water partition coefficient (Wildman–Crippen LogP) is 4.63. The van der Waals surface area contributed by atoms with E-state index < -0.39 is 0 Å². The Morgan fingerprint density at radius 1 is 1.12 bits per heavy atom. The Morgan fingerprint density at radius 3 is 2.31 bits per heavy atom. The lowest BCUT2D eigenvalue weighted by atomic mass is 9.49. The number of benzene rings is 1. The van der Waals surface area contributed by atoms with Gasteiger partial charge in [0.05, 0.1) is 16.7 Å². The quantitative estimate of drug-likeness (QED) is 0.789. The molecule has 4 bridgehead atoms. The van der Waals surface area contributed by atoms with Gasteiger partial charge in [-0.05, 0) is 80.9 Å². The van der Waals surface area contributed by atoms with Crippen LogP contribution in [0.1, 0.15) is 62.2 Å². The molecule has 4 aliphatic rings. The Labute approximate surface area is 160 Å². The number of halogens is 1. The van der Waals surface area contributed by atoms with Crippen LogP contribution in [0.3, 0.4) is 0 Å². The maximum absolute atomic E-state index is 13.3. The SMILES string of the molecule is CCCNC(=O)c1cc(Cl)ccc1NC(=O)C12CC3CC(CC(C3)C1)C2. The third-order valence-electron chi connectivity index (χ3n) is 6.53. The number of hydrogen-bond donors (Lipinski definition) is 2. The lowest BCUT2D eigenvalue weighted by molar-refractivity contribution is -0.140. The van der Waals surface area contributed by atoms with Crippen LogP contribution in [-0.2, 0) is 4.79 Å². The van der Waals surface area contributed by atoms with Crippen molar-refractivity contribution in [3.63, 3.8) is 0 Å². The van der Waals surface area contributed by atoms with Crippen LogP contribution in [0.5, 0.6) is 0 Å². The highest BCUT2D eigenvalue weighted by Crippen LogP contribution is 2.60. The van der Waals surface area contributed by atoms with Gasteiger partial charge in [-0.3, -0.25) is 9.59 Å². The van der Waals surface area contributed by atoms with E-state index in [1.54, 1.807) is 18.2 Å². The summed E-state index contributed by atoms with van der Waals surface area (Å²) in [5, 5.41) is 6.47. The number of anilines is 1. The van der Waals surface area contributed by atoms with Gasteiger partial charge in [-0.15, -0.1) is 0 Å². The molecule has 0 unspecified atom stereocenters. The largest absolute Gasteiger partial charge is 0.352 e. The summed E-state index contributed by atoms with van der Waals surface area (Å²) in [4.78, 5) is 25.7. The van der Waals surface area contributed by atoms with Gasteiger partial charge in [0.2, 0.25) is 5.91 Å². The summed E-state index contributed by atoms with van der Waals surface area (Å²) in [6, 6.07) is 5.12. The molecule has 5 rings (SSSR count). The van der Waals surface area contributed by atoms with E-state index in [-0.39, 0.29) is 17.2 Å². The third-order valence-corrected chi connectivity index (χ3v) is 6.77. The first-order chi connectivity index (χ1) is 12.5. The fraction of sp³-hybridized carbons (Fsp3) is 0.619. The minimum Gasteiger partial charge on any atom is -0.352 e. The molecule has 4 saturated carbocycles. The van der Waals surface area contributed by atoms with Crippen LogP contribution in [0.15, 0.2) is 18.2 Å². The molecule has 4 aliphatic carbocycles. The molecule has 0 atom stereocenters. The van der Waals surface area contributed by atoms with Crippen LogP contribution in [0.25, 0.3) is 0 Å². The number of carbonyl (C=O) groups is 2. The molecule has 0 heterocycles. The topological polar surface area (TPSA) is 58.2 Å². The molecular weight excluding hydrogens is 348 g/mol. The van der Waals surface area contributed by atoms with Crippen molar-refractivity contribution in [1.82, 2.24) is 5.32 Å². The van der Waals surface area contributed by atoms with Crippen molar-refractivity contribution in [2.75, 3.05) is 11.9 Å². The molecule has 1 aromatic rings. The first-order valence-corrected chi connectivity index (χ1v) is 10.3. The van der Waals surface area contributed by atoms with Crippen molar-refractivity contribution < 1.29 is 9.59 Å². The molecule has 1 aromatic carbocycles. The van der Waals surface area contributed by atoms with E-state index in [4.69, 9.17) is 11.6 Å². The molecule has 4 nitrogen and oxygen atoms in total. The Balaban J connectivity index is 1.55. The van der Waals surface area contributed by atoms with E-state index in [0.717, 1.165) is 25.7 Å². The zero-order valence-electron chi connectivity index (χ0n) is 15.3. The Kier molecular flexibility index (Phi) is 4.72. The molecule has 5 heteroatoms. The molecule has 140 valence electrons. The summed E-state index contributed by atoms with van der Waals surface area (Å²) in [5.41, 5.74) is 0.790. The van der Waals surface area contributed by atoms with Gasteiger partial charge in [-0.2, -0.15) is 0 Å². The second-order valence-electron chi connectivity index (χ2n) is 8.60. The second kappa shape index (κ2) is 6.88. The highest BCUT2D eigenvalue weighted by Gasteiger charge is 2.54. The average molecular weight is 375 g/mol. The lowest BCUT2D eigenvalue weighted by Gasteiger charge is -2.55. The van der Waals surface area contributed by atoms with Gasteiger partial charge in [0.15, 0.2) is 0 Å². The molecule has 4 fully saturated rings. The van der Waals surface area contributed by atoms with Crippen LogP contribution >= 0.6 is 11.6 Å². The predicted molar refractivity (Wildman–Crippen MR) is 103 cm³/mol. The van der Waals surface area contributed by atoms with Gasteiger partial charge in [0, 0.05) is 11.6 Å². The summed E-state index contributed by atoms with van der Waals surface area (Å²) in [5.74, 6) is 2.05. The Hall–Kier alpha value is -1.55. The van der Waals surface area contributed by atoms with Gasteiger partial charge >= 0.3 is 0 Å². The summed E-state index contributed by atoms with van der Waals surface area (Å²) >= 11 is 6.10. The smallest absolute Gasteiger partial charge is 0.253 e. The molecule has 0 spiro atoms. The van der Waals surface area contributed by atoms with E-state index in [1.807, 2.05) is 6.92 Å². The Morgan fingerprint density at radius 2 is 1.73 bits per heavy atom. The van der Waals surface area contributed by atoms with Crippen molar-refractivity contribution >= 4 is 29.1 Å². The lowest BCUT2D eigenvalue weighted by Crippen LogP contribution is -2.51. The van der Waals surface area contributed by atoms with Crippen LogP contribution in [0.2, 0.25) is 5.02 Å². The normalized spacial score (nSPS) is 31.7. The fourth-order valence-electron chi connectivity index (χ4n) is 5.79. The standard InChI is InChI=1S/C21H27ClN2O2/c1-2-5-23-19(25)17-9-16(22)3-4-18(17)24-20(26)21-10-13-6-14(11-21)8-15(7-13)12-21/h3-4,9,13-15H,2,5-8,10-12H2,1H3,(H,23,25)(H,24,26). The van der Waals surface area contributed by atoms with Crippen LogP contribution in [0, 0.1) is 23.2 Å². The van der Waals surface area contributed by atoms with Crippen LogP contribution in [-0.4, -0.2) is 18.4 Å². The zero-order chi connectivity index (χ0) is 18.3. The highest BCUT2D eigenvalue weighted by atomic mass is 35.5. The first kappa shape index (κ1) is 17.8. The van der Waals surface area contributed by atoms with Crippen molar-refractivity contribution in [2.45, 2.75) is 51.9 Å². The Bertz CT molecular complexity index is 695. The second-order valence-corrected chi connectivity index (χ2v) is 9.03. The van der Waals surface area contributed by atoms with Crippen molar-refractivity contribution in [3.05, 3.63) is 28.8 Å². The van der Waals surface area contributed by atoms with E-state index in [0.29, 0.717) is 40.6 Å². The monoisotopic (exact) mass is 374 g/mol. The summed E-state index contributed by atoms with van der Waals surface area (Å²) in [6.07, 6.45) is 7.80. The maximum atomic E-state index is 13.3. The highest BCUT2D eigenvalue weighted by molar-refractivity contribution is 6.31. The van der Waals surface area contributed by atoms with Gasteiger partial charge < -0.3 is 10.6 Å². The van der Waals surface area contributed by atoms with E-state index in [1.165, 1.54) is 19.3 Å². The van der Waals surface area contributed by atoms with Gasteiger partial charge in [-0.25, -0.2) is 0 Å². The number of carbonyl (C=O) groups excluding carboxylic acids is 2.